The smallest absolute Gasteiger partial charge is 0.262 e. The zero-order valence-electron chi connectivity index (χ0n) is 12.2. The Morgan fingerprint density at radius 1 is 1.19 bits per heavy atom. The molecule has 2 rings (SSSR count). The molecule has 0 fully saturated rings. The van der Waals surface area contributed by atoms with E-state index >= 15 is 0 Å². The molecular weight excluding hydrogens is 266 g/mol. The van der Waals surface area contributed by atoms with Gasteiger partial charge in [-0.3, -0.25) is 4.79 Å². The van der Waals surface area contributed by atoms with E-state index in [1.807, 2.05) is 31.2 Å². The highest BCUT2D eigenvalue weighted by Gasteiger charge is 2.06. The largest absolute Gasteiger partial charge is 0.483 e. The summed E-state index contributed by atoms with van der Waals surface area (Å²) in [5.41, 5.74) is 2.48. The highest BCUT2D eigenvalue weighted by atomic mass is 16.5. The molecule has 0 aromatic heterocycles. The minimum absolute atomic E-state index is 0.0387. The average molecular weight is 285 g/mol. The lowest BCUT2D eigenvalue weighted by Gasteiger charge is -2.10. The third-order valence-corrected chi connectivity index (χ3v) is 3.13. The van der Waals surface area contributed by atoms with E-state index in [1.165, 1.54) is 0 Å². The van der Waals surface area contributed by atoms with Crippen molar-refractivity contribution in [2.75, 3.05) is 11.9 Å². The van der Waals surface area contributed by atoms with Crippen molar-refractivity contribution in [3.05, 3.63) is 59.7 Å². The first-order valence-corrected chi connectivity index (χ1v) is 6.82. The molecule has 2 N–H and O–H groups in total. The van der Waals surface area contributed by atoms with Crippen LogP contribution in [0.1, 0.15) is 24.2 Å². The van der Waals surface area contributed by atoms with E-state index in [4.69, 9.17) is 4.74 Å². The van der Waals surface area contributed by atoms with Crippen LogP contribution in [-0.4, -0.2) is 17.6 Å². The summed E-state index contributed by atoms with van der Waals surface area (Å²) in [5, 5.41) is 12.2. The minimum atomic E-state index is -0.515. The highest BCUT2D eigenvalue weighted by molar-refractivity contribution is 5.91. The second-order valence-electron chi connectivity index (χ2n) is 4.90. The van der Waals surface area contributed by atoms with Crippen LogP contribution in [0, 0.1) is 6.92 Å². The van der Waals surface area contributed by atoms with Crippen molar-refractivity contribution in [1.82, 2.24) is 0 Å². The number of aliphatic hydroxyl groups excluding tert-OH is 1. The molecule has 0 aliphatic carbocycles. The standard InChI is InChI=1S/C17H19NO3/c1-12-5-3-4-6-16(12)21-11-17(20)18-15-9-7-14(8-10-15)13(2)19/h3-10,13,19H,11H2,1-2H3,(H,18,20)/t13-/m0/s1. The molecule has 0 saturated carbocycles. The molecule has 0 heterocycles. The van der Waals surface area contributed by atoms with Gasteiger partial charge in [0.05, 0.1) is 6.10 Å². The number of carbonyl (C=O) groups excluding carboxylic acids is 1. The molecule has 0 aliphatic heterocycles. The van der Waals surface area contributed by atoms with Gasteiger partial charge in [-0.05, 0) is 43.2 Å². The molecule has 4 nitrogen and oxygen atoms in total. The third kappa shape index (κ3) is 4.33. The molecule has 2 aromatic carbocycles. The summed E-state index contributed by atoms with van der Waals surface area (Å²) in [7, 11) is 0. The van der Waals surface area contributed by atoms with Crippen LogP contribution in [0.2, 0.25) is 0 Å². The van der Waals surface area contributed by atoms with Gasteiger partial charge >= 0.3 is 0 Å². The van der Waals surface area contributed by atoms with Crippen LogP contribution >= 0.6 is 0 Å². The van der Waals surface area contributed by atoms with E-state index in [9.17, 15) is 9.90 Å². The number of aliphatic hydroxyl groups is 1. The summed E-state index contributed by atoms with van der Waals surface area (Å²) in [5.74, 6) is 0.486. The number of carbonyl (C=O) groups is 1. The molecule has 21 heavy (non-hydrogen) atoms. The lowest BCUT2D eigenvalue weighted by molar-refractivity contribution is -0.118. The minimum Gasteiger partial charge on any atom is -0.483 e. The first-order valence-electron chi connectivity index (χ1n) is 6.82. The predicted molar refractivity (Wildman–Crippen MR) is 82.4 cm³/mol. The Morgan fingerprint density at radius 2 is 1.86 bits per heavy atom. The maximum absolute atomic E-state index is 11.8. The summed E-state index contributed by atoms with van der Waals surface area (Å²) in [6, 6.07) is 14.6. The number of hydrogen-bond acceptors (Lipinski definition) is 3. The zero-order valence-corrected chi connectivity index (χ0v) is 12.2. The van der Waals surface area contributed by atoms with Crippen molar-refractivity contribution in [1.29, 1.82) is 0 Å². The van der Waals surface area contributed by atoms with E-state index in [2.05, 4.69) is 5.32 Å². The van der Waals surface area contributed by atoms with Crippen LogP contribution in [-0.2, 0) is 4.79 Å². The summed E-state index contributed by atoms with van der Waals surface area (Å²) < 4.78 is 5.48. The third-order valence-electron chi connectivity index (χ3n) is 3.13. The first-order chi connectivity index (χ1) is 10.1. The fourth-order valence-electron chi connectivity index (χ4n) is 1.90. The zero-order chi connectivity index (χ0) is 15.2. The Labute approximate surface area is 124 Å². The van der Waals surface area contributed by atoms with Gasteiger partial charge in [-0.1, -0.05) is 30.3 Å². The van der Waals surface area contributed by atoms with Gasteiger partial charge in [0.2, 0.25) is 0 Å². The van der Waals surface area contributed by atoms with Crippen molar-refractivity contribution < 1.29 is 14.6 Å². The summed E-state index contributed by atoms with van der Waals surface area (Å²) in [4.78, 5) is 11.8. The van der Waals surface area contributed by atoms with Gasteiger partial charge in [-0.25, -0.2) is 0 Å². The molecule has 0 radical (unpaired) electrons. The summed E-state index contributed by atoms with van der Waals surface area (Å²) >= 11 is 0. The van der Waals surface area contributed by atoms with E-state index in [-0.39, 0.29) is 12.5 Å². The van der Waals surface area contributed by atoms with Gasteiger partial charge in [0.25, 0.3) is 5.91 Å². The molecule has 0 aliphatic rings. The van der Waals surface area contributed by atoms with E-state index in [0.717, 1.165) is 11.1 Å². The van der Waals surface area contributed by atoms with Gasteiger partial charge in [0.1, 0.15) is 5.75 Å². The topological polar surface area (TPSA) is 58.6 Å². The van der Waals surface area contributed by atoms with E-state index in [0.29, 0.717) is 11.4 Å². The molecular formula is C17H19NO3. The fraction of sp³-hybridized carbons (Fsp3) is 0.235. The molecule has 4 heteroatoms. The molecule has 110 valence electrons. The molecule has 0 bridgehead atoms. The monoisotopic (exact) mass is 285 g/mol. The van der Waals surface area contributed by atoms with Gasteiger partial charge in [0.15, 0.2) is 6.61 Å². The van der Waals surface area contributed by atoms with E-state index < -0.39 is 6.10 Å². The van der Waals surface area contributed by atoms with Crippen LogP contribution in [0.15, 0.2) is 48.5 Å². The Hall–Kier alpha value is -2.33. The highest BCUT2D eigenvalue weighted by Crippen LogP contribution is 2.17. The van der Waals surface area contributed by atoms with Crippen molar-refractivity contribution in [2.45, 2.75) is 20.0 Å². The van der Waals surface area contributed by atoms with Crippen LogP contribution in [0.3, 0.4) is 0 Å². The van der Waals surface area contributed by atoms with Crippen molar-refractivity contribution >= 4 is 11.6 Å². The Morgan fingerprint density at radius 3 is 2.48 bits per heavy atom. The first kappa shape index (κ1) is 15.1. The Bertz CT molecular complexity index is 606. The Balaban J connectivity index is 1.88. The number of amides is 1. The van der Waals surface area contributed by atoms with Crippen LogP contribution in [0.25, 0.3) is 0 Å². The van der Waals surface area contributed by atoms with Gasteiger partial charge in [-0.2, -0.15) is 0 Å². The van der Waals surface area contributed by atoms with Crippen LogP contribution in [0.5, 0.6) is 5.75 Å². The lowest BCUT2D eigenvalue weighted by atomic mass is 10.1. The molecule has 2 aromatic rings. The maximum Gasteiger partial charge on any atom is 0.262 e. The maximum atomic E-state index is 11.8. The molecule has 0 saturated heterocycles. The van der Waals surface area contributed by atoms with E-state index in [1.54, 1.807) is 31.2 Å². The quantitative estimate of drug-likeness (QED) is 0.887. The SMILES string of the molecule is Cc1ccccc1OCC(=O)Nc1ccc([C@H](C)O)cc1. The van der Waals surface area contributed by atoms with Crippen LogP contribution in [0.4, 0.5) is 5.69 Å². The van der Waals surface area contributed by atoms with Crippen molar-refractivity contribution in [3.63, 3.8) is 0 Å². The summed E-state index contributed by atoms with van der Waals surface area (Å²) in [6.07, 6.45) is -0.515. The number of hydrogen-bond donors (Lipinski definition) is 2. The number of anilines is 1. The molecule has 0 unspecified atom stereocenters. The predicted octanol–water partition coefficient (Wildman–Crippen LogP) is 3.07. The number of para-hydroxylation sites is 1. The molecule has 0 spiro atoms. The molecule has 1 atom stereocenters. The second kappa shape index (κ2) is 6.90. The second-order valence-corrected chi connectivity index (χ2v) is 4.90. The Kier molecular flexibility index (Phi) is 4.95. The van der Waals surface area contributed by atoms with Crippen molar-refractivity contribution in [2.24, 2.45) is 0 Å². The van der Waals surface area contributed by atoms with Crippen LogP contribution < -0.4 is 10.1 Å². The fourth-order valence-corrected chi connectivity index (χ4v) is 1.90. The normalized spacial score (nSPS) is 11.8. The van der Waals surface area contributed by atoms with Gasteiger partial charge in [0, 0.05) is 5.69 Å². The number of rotatable bonds is 5. The summed E-state index contributed by atoms with van der Waals surface area (Å²) in [6.45, 7) is 3.59. The van der Waals surface area contributed by atoms with Gasteiger partial charge < -0.3 is 15.2 Å². The number of ether oxygens (including phenoxy) is 1. The average Bonchev–Trinajstić information content (AvgIpc) is 2.47. The lowest BCUT2D eigenvalue weighted by Crippen LogP contribution is -2.20. The number of nitrogens with one attached hydrogen (secondary N) is 1. The number of benzene rings is 2. The number of aryl methyl sites for hydroxylation is 1. The molecule has 1 amide bonds. The van der Waals surface area contributed by atoms with Gasteiger partial charge in [-0.15, -0.1) is 0 Å². The van der Waals surface area contributed by atoms with Crippen molar-refractivity contribution in [3.8, 4) is 5.75 Å².